The van der Waals surface area contributed by atoms with Gasteiger partial charge in [-0.3, -0.25) is 4.79 Å². The van der Waals surface area contributed by atoms with E-state index in [0.29, 0.717) is 29.9 Å². The van der Waals surface area contributed by atoms with E-state index in [-0.39, 0.29) is 17.3 Å². The van der Waals surface area contributed by atoms with E-state index in [4.69, 9.17) is 4.74 Å². The highest BCUT2D eigenvalue weighted by atomic mass is 32.2. The number of hydrogen-bond acceptors (Lipinski definition) is 5. The first-order valence-corrected chi connectivity index (χ1v) is 12.8. The van der Waals surface area contributed by atoms with E-state index < -0.39 is 15.9 Å². The van der Waals surface area contributed by atoms with Crippen LogP contribution < -0.4 is 9.54 Å². The number of benzene rings is 2. The molecule has 3 aromatic rings. The lowest BCUT2D eigenvalue weighted by Gasteiger charge is -2.30. The molecule has 9 heteroatoms. The molecule has 1 aromatic heterocycles. The highest BCUT2D eigenvalue weighted by Crippen LogP contribution is 2.26. The third kappa shape index (κ3) is 4.12. The summed E-state index contributed by atoms with van der Waals surface area (Å²) < 4.78 is 35.7. The lowest BCUT2D eigenvalue weighted by molar-refractivity contribution is -0.122. The van der Waals surface area contributed by atoms with E-state index in [2.05, 4.69) is 31.0 Å². The molecule has 170 valence electrons. The number of amides is 1. The van der Waals surface area contributed by atoms with Gasteiger partial charge in [0.1, 0.15) is 5.75 Å². The number of aromatic nitrogens is 1. The minimum Gasteiger partial charge on any atom is -0.497 e. The van der Waals surface area contributed by atoms with Gasteiger partial charge in [-0.2, -0.15) is 9.30 Å². The lowest BCUT2D eigenvalue weighted by Crippen LogP contribution is -2.42. The fourth-order valence-corrected chi connectivity index (χ4v) is 6.69. The molecule has 0 radical (unpaired) electrons. The van der Waals surface area contributed by atoms with E-state index in [9.17, 15) is 13.2 Å². The molecule has 1 aliphatic rings. The highest BCUT2D eigenvalue weighted by molar-refractivity contribution is 7.89. The van der Waals surface area contributed by atoms with Crippen LogP contribution in [0.1, 0.15) is 24.0 Å². The molecular weight excluding hydrogens is 446 g/mol. The van der Waals surface area contributed by atoms with Crippen molar-refractivity contribution in [2.75, 3.05) is 20.2 Å². The Morgan fingerprint density at radius 3 is 2.56 bits per heavy atom. The van der Waals surface area contributed by atoms with Crippen molar-refractivity contribution in [1.82, 2.24) is 8.87 Å². The molecular formula is C23H27N3O4S2. The summed E-state index contributed by atoms with van der Waals surface area (Å²) >= 11 is 1.48. The fourth-order valence-electron chi connectivity index (χ4n) is 4.08. The minimum atomic E-state index is -3.68. The van der Waals surface area contributed by atoms with Crippen LogP contribution in [0.15, 0.2) is 46.3 Å². The Morgan fingerprint density at radius 1 is 1.16 bits per heavy atom. The van der Waals surface area contributed by atoms with Crippen LogP contribution in [-0.4, -0.2) is 43.4 Å². The largest absolute Gasteiger partial charge is 0.497 e. The van der Waals surface area contributed by atoms with Gasteiger partial charge in [-0.25, -0.2) is 8.42 Å². The van der Waals surface area contributed by atoms with Gasteiger partial charge in [0.05, 0.1) is 28.1 Å². The molecule has 1 fully saturated rings. The number of sulfonamides is 1. The molecule has 1 aliphatic heterocycles. The van der Waals surface area contributed by atoms with Crippen molar-refractivity contribution in [2.45, 2.75) is 31.6 Å². The normalized spacial score (nSPS) is 18.2. The van der Waals surface area contributed by atoms with Gasteiger partial charge in [0, 0.05) is 20.1 Å². The number of nitrogens with zero attached hydrogens (tertiary/aromatic N) is 3. The molecule has 1 atom stereocenters. The molecule has 2 heterocycles. The topological polar surface area (TPSA) is 81.0 Å². The van der Waals surface area contributed by atoms with Gasteiger partial charge in [0.15, 0.2) is 4.80 Å². The highest BCUT2D eigenvalue weighted by Gasteiger charge is 2.33. The van der Waals surface area contributed by atoms with Crippen molar-refractivity contribution in [3.05, 3.63) is 52.3 Å². The molecule has 2 aromatic carbocycles. The van der Waals surface area contributed by atoms with Crippen LogP contribution in [0.3, 0.4) is 0 Å². The standard InChI is InChI=1S/C23H27N3O4S2/c1-15-7-12-20-21(16(15)2)25(3)23(31-20)24-22(27)17-6-5-13-26(14-17)32(28,29)19-10-8-18(30-4)9-11-19/h7-12,17H,5-6,13-14H2,1-4H3. The number of aryl methyl sites for hydroxylation is 3. The third-order valence-corrected chi connectivity index (χ3v) is 9.10. The molecule has 0 aliphatic carbocycles. The molecule has 0 saturated carbocycles. The maximum absolute atomic E-state index is 13.1. The molecule has 4 rings (SSSR count). The zero-order valence-corrected chi connectivity index (χ0v) is 20.3. The average Bonchev–Trinajstić information content (AvgIpc) is 3.12. The van der Waals surface area contributed by atoms with E-state index >= 15 is 0 Å². The Balaban J connectivity index is 1.59. The summed E-state index contributed by atoms with van der Waals surface area (Å²) in [6.45, 7) is 4.67. The summed E-state index contributed by atoms with van der Waals surface area (Å²) in [6, 6.07) is 10.4. The van der Waals surface area contributed by atoms with Gasteiger partial charge in [0.25, 0.3) is 5.91 Å². The minimum absolute atomic E-state index is 0.142. The lowest BCUT2D eigenvalue weighted by atomic mass is 9.99. The van der Waals surface area contributed by atoms with Crippen molar-refractivity contribution < 1.29 is 17.9 Å². The average molecular weight is 474 g/mol. The van der Waals surface area contributed by atoms with Crippen LogP contribution in [-0.2, 0) is 21.9 Å². The van der Waals surface area contributed by atoms with Crippen LogP contribution in [0.25, 0.3) is 10.2 Å². The monoisotopic (exact) mass is 473 g/mol. The number of carbonyl (C=O) groups excluding carboxylic acids is 1. The summed E-state index contributed by atoms with van der Waals surface area (Å²) in [7, 11) is -0.234. The van der Waals surface area contributed by atoms with E-state index in [1.165, 1.54) is 46.0 Å². The first-order chi connectivity index (χ1) is 15.2. The van der Waals surface area contributed by atoms with Gasteiger partial charge in [0.2, 0.25) is 10.0 Å². The maximum atomic E-state index is 13.1. The zero-order valence-electron chi connectivity index (χ0n) is 18.7. The van der Waals surface area contributed by atoms with Gasteiger partial charge < -0.3 is 9.30 Å². The van der Waals surface area contributed by atoms with Crippen molar-refractivity contribution in [2.24, 2.45) is 18.0 Å². The van der Waals surface area contributed by atoms with E-state index in [1.54, 1.807) is 12.1 Å². The van der Waals surface area contributed by atoms with Crippen LogP contribution >= 0.6 is 11.3 Å². The number of carbonyl (C=O) groups is 1. The first kappa shape index (κ1) is 22.7. The van der Waals surface area contributed by atoms with Gasteiger partial charge in [-0.15, -0.1) is 0 Å². The maximum Gasteiger partial charge on any atom is 0.252 e. The number of rotatable bonds is 4. The summed E-state index contributed by atoms with van der Waals surface area (Å²) in [5, 5.41) is 0. The number of methoxy groups -OCH3 is 1. The quantitative estimate of drug-likeness (QED) is 0.582. The third-order valence-electron chi connectivity index (χ3n) is 6.12. The molecule has 1 unspecified atom stereocenters. The number of piperidine rings is 1. The van der Waals surface area contributed by atoms with Crippen molar-refractivity contribution >= 4 is 37.5 Å². The Labute approximate surface area is 192 Å². The second-order valence-corrected chi connectivity index (χ2v) is 11.1. The molecule has 0 spiro atoms. The fraction of sp³-hybridized carbons (Fsp3) is 0.391. The smallest absolute Gasteiger partial charge is 0.252 e. The second-order valence-electron chi connectivity index (χ2n) is 8.13. The van der Waals surface area contributed by atoms with Crippen LogP contribution in [0.4, 0.5) is 0 Å². The molecule has 0 bridgehead atoms. The number of thiazole rings is 1. The Morgan fingerprint density at radius 2 is 1.88 bits per heavy atom. The second kappa shape index (κ2) is 8.80. The summed E-state index contributed by atoms with van der Waals surface area (Å²) in [5.41, 5.74) is 3.44. The number of ether oxygens (including phenoxy) is 1. The first-order valence-electron chi connectivity index (χ1n) is 10.5. The summed E-state index contributed by atoms with van der Waals surface area (Å²) in [4.78, 5) is 18.3. The zero-order chi connectivity index (χ0) is 23.0. The molecule has 0 N–H and O–H groups in total. The van der Waals surface area contributed by atoms with Crippen molar-refractivity contribution in [1.29, 1.82) is 0 Å². The van der Waals surface area contributed by atoms with E-state index in [1.807, 2.05) is 11.6 Å². The van der Waals surface area contributed by atoms with Crippen LogP contribution in [0, 0.1) is 19.8 Å². The van der Waals surface area contributed by atoms with Crippen LogP contribution in [0.5, 0.6) is 5.75 Å². The number of fused-ring (bicyclic) bond motifs is 1. The summed E-state index contributed by atoms with van der Waals surface area (Å²) in [6.07, 6.45) is 1.25. The Kier molecular flexibility index (Phi) is 6.24. The Hall–Kier alpha value is -2.49. The van der Waals surface area contributed by atoms with Crippen molar-refractivity contribution in [3.63, 3.8) is 0 Å². The van der Waals surface area contributed by atoms with E-state index in [0.717, 1.165) is 10.2 Å². The van der Waals surface area contributed by atoms with Crippen molar-refractivity contribution in [3.8, 4) is 5.75 Å². The molecule has 1 saturated heterocycles. The Bertz CT molecular complexity index is 1340. The van der Waals surface area contributed by atoms with Gasteiger partial charge in [-0.1, -0.05) is 17.4 Å². The SMILES string of the molecule is COc1ccc(S(=O)(=O)N2CCCC(C(=O)N=c3sc4ccc(C)c(C)c4n3C)C2)cc1. The predicted octanol–water partition coefficient (Wildman–Crippen LogP) is 3.39. The number of hydrogen-bond donors (Lipinski definition) is 0. The molecule has 7 nitrogen and oxygen atoms in total. The summed E-state index contributed by atoms with van der Waals surface area (Å²) in [5.74, 6) is -0.128. The predicted molar refractivity (Wildman–Crippen MR) is 125 cm³/mol. The molecule has 32 heavy (non-hydrogen) atoms. The van der Waals surface area contributed by atoms with Gasteiger partial charge in [-0.05, 0) is 68.1 Å². The van der Waals surface area contributed by atoms with Gasteiger partial charge >= 0.3 is 0 Å². The van der Waals surface area contributed by atoms with Crippen LogP contribution in [0.2, 0.25) is 0 Å². The molecule has 1 amide bonds.